The second-order valence-corrected chi connectivity index (χ2v) is 3.32. The zero-order chi connectivity index (χ0) is 10.1. The largest absolute Gasteiger partial charge is 0.320 e. The number of ketones is 1. The highest BCUT2D eigenvalue weighted by atomic mass is 16.1. The zero-order valence-electron chi connectivity index (χ0n) is 9.02. The van der Waals surface area contributed by atoms with Crippen LogP contribution in [0, 0.1) is 0 Å². The maximum Gasteiger partial charge on any atom is 0.146 e. The third kappa shape index (κ3) is 6.72. The van der Waals surface area contributed by atoms with Gasteiger partial charge in [-0.15, -0.1) is 0 Å². The SMILES string of the molecule is CCN[C@@H](CCCCNC)C(C)=O. The Balaban J connectivity index is 3.51. The van der Waals surface area contributed by atoms with E-state index in [2.05, 4.69) is 10.6 Å². The fraction of sp³-hybridized carbons (Fsp3) is 0.900. The van der Waals surface area contributed by atoms with Crippen LogP contribution in [0.5, 0.6) is 0 Å². The fourth-order valence-electron chi connectivity index (χ4n) is 1.35. The summed E-state index contributed by atoms with van der Waals surface area (Å²) in [5.41, 5.74) is 0. The third-order valence-electron chi connectivity index (χ3n) is 2.11. The molecule has 0 aliphatic carbocycles. The van der Waals surface area contributed by atoms with E-state index < -0.39 is 0 Å². The topological polar surface area (TPSA) is 41.1 Å². The van der Waals surface area contributed by atoms with E-state index in [1.807, 2.05) is 14.0 Å². The molecule has 13 heavy (non-hydrogen) atoms. The van der Waals surface area contributed by atoms with Crippen LogP contribution in [-0.2, 0) is 4.79 Å². The van der Waals surface area contributed by atoms with Gasteiger partial charge in [0.05, 0.1) is 6.04 Å². The van der Waals surface area contributed by atoms with Crippen molar-refractivity contribution in [1.29, 1.82) is 0 Å². The predicted octanol–water partition coefficient (Wildman–Crippen LogP) is 0.943. The lowest BCUT2D eigenvalue weighted by atomic mass is 10.1. The van der Waals surface area contributed by atoms with Crippen LogP contribution in [0.3, 0.4) is 0 Å². The minimum absolute atomic E-state index is 0.0712. The van der Waals surface area contributed by atoms with Crippen molar-refractivity contribution in [3.05, 3.63) is 0 Å². The van der Waals surface area contributed by atoms with E-state index in [1.165, 1.54) is 0 Å². The van der Waals surface area contributed by atoms with E-state index in [4.69, 9.17) is 0 Å². The molecule has 0 aliphatic rings. The van der Waals surface area contributed by atoms with Crippen molar-refractivity contribution in [2.45, 2.75) is 39.2 Å². The molecule has 3 heteroatoms. The standard InChI is InChI=1S/C10H22N2O/c1-4-12-10(9(2)13)7-5-6-8-11-3/h10-12H,4-8H2,1-3H3/t10-/m0/s1. The molecule has 3 nitrogen and oxygen atoms in total. The Morgan fingerprint density at radius 1 is 1.38 bits per heavy atom. The summed E-state index contributed by atoms with van der Waals surface area (Å²) in [7, 11) is 1.95. The average molecular weight is 186 g/mol. The predicted molar refractivity (Wildman–Crippen MR) is 55.9 cm³/mol. The first-order chi connectivity index (χ1) is 6.22. The number of hydrogen-bond donors (Lipinski definition) is 2. The van der Waals surface area contributed by atoms with Gasteiger partial charge in [-0.05, 0) is 39.9 Å². The van der Waals surface area contributed by atoms with Crippen molar-refractivity contribution < 1.29 is 4.79 Å². The molecule has 0 saturated carbocycles. The molecular formula is C10H22N2O. The van der Waals surface area contributed by atoms with Gasteiger partial charge in [-0.2, -0.15) is 0 Å². The molecule has 0 radical (unpaired) electrons. The summed E-state index contributed by atoms with van der Waals surface area (Å²) in [5, 5.41) is 6.29. The zero-order valence-corrected chi connectivity index (χ0v) is 9.02. The quantitative estimate of drug-likeness (QED) is 0.554. The number of unbranched alkanes of at least 4 members (excludes halogenated alkanes) is 1. The summed E-state index contributed by atoms with van der Waals surface area (Å²) >= 11 is 0. The van der Waals surface area contributed by atoms with E-state index in [1.54, 1.807) is 6.92 Å². The summed E-state index contributed by atoms with van der Waals surface area (Å²) in [6.45, 7) is 5.60. The van der Waals surface area contributed by atoms with Gasteiger partial charge in [-0.3, -0.25) is 4.79 Å². The van der Waals surface area contributed by atoms with E-state index in [0.29, 0.717) is 0 Å². The molecule has 78 valence electrons. The minimum atomic E-state index is 0.0712. The molecule has 0 bridgehead atoms. The van der Waals surface area contributed by atoms with Gasteiger partial charge in [0.25, 0.3) is 0 Å². The number of likely N-dealkylation sites (N-methyl/N-ethyl adjacent to an activating group) is 1. The van der Waals surface area contributed by atoms with Crippen LogP contribution in [0.15, 0.2) is 0 Å². The summed E-state index contributed by atoms with van der Waals surface area (Å²) in [4.78, 5) is 11.1. The van der Waals surface area contributed by atoms with Gasteiger partial charge in [0.2, 0.25) is 0 Å². The molecule has 0 aromatic carbocycles. The number of carbonyl (C=O) groups is 1. The van der Waals surface area contributed by atoms with Crippen LogP contribution < -0.4 is 10.6 Å². The van der Waals surface area contributed by atoms with Crippen LogP contribution in [-0.4, -0.2) is 32.0 Å². The van der Waals surface area contributed by atoms with Gasteiger partial charge in [0, 0.05) is 0 Å². The van der Waals surface area contributed by atoms with Crippen molar-refractivity contribution in [2.24, 2.45) is 0 Å². The van der Waals surface area contributed by atoms with Gasteiger partial charge < -0.3 is 10.6 Å². The molecule has 1 atom stereocenters. The lowest BCUT2D eigenvalue weighted by Crippen LogP contribution is -2.35. The molecule has 0 spiro atoms. The monoisotopic (exact) mass is 186 g/mol. The van der Waals surface area contributed by atoms with E-state index >= 15 is 0 Å². The molecule has 0 heterocycles. The summed E-state index contributed by atoms with van der Waals surface area (Å²) < 4.78 is 0. The number of carbonyl (C=O) groups excluding carboxylic acids is 1. The van der Waals surface area contributed by atoms with Gasteiger partial charge in [0.15, 0.2) is 0 Å². The van der Waals surface area contributed by atoms with Crippen molar-refractivity contribution in [2.75, 3.05) is 20.1 Å². The van der Waals surface area contributed by atoms with E-state index in [-0.39, 0.29) is 11.8 Å². The summed E-state index contributed by atoms with van der Waals surface area (Å²) in [6, 6.07) is 0.0712. The van der Waals surface area contributed by atoms with E-state index in [9.17, 15) is 4.79 Å². The Kier molecular flexibility index (Phi) is 7.94. The van der Waals surface area contributed by atoms with E-state index in [0.717, 1.165) is 32.4 Å². The highest BCUT2D eigenvalue weighted by molar-refractivity contribution is 5.81. The summed E-state index contributed by atoms with van der Waals surface area (Å²) in [5.74, 6) is 0.256. The maximum absolute atomic E-state index is 11.1. The highest BCUT2D eigenvalue weighted by Gasteiger charge is 2.10. The normalized spacial score (nSPS) is 12.8. The lowest BCUT2D eigenvalue weighted by Gasteiger charge is -2.13. The first kappa shape index (κ1) is 12.6. The second-order valence-electron chi connectivity index (χ2n) is 3.32. The first-order valence-corrected chi connectivity index (χ1v) is 5.10. The molecule has 0 saturated heterocycles. The second kappa shape index (κ2) is 8.20. The molecule has 0 aromatic heterocycles. The van der Waals surface area contributed by atoms with Crippen molar-refractivity contribution in [3.63, 3.8) is 0 Å². The van der Waals surface area contributed by atoms with Crippen LogP contribution in [0.4, 0.5) is 0 Å². The lowest BCUT2D eigenvalue weighted by molar-refractivity contribution is -0.119. The molecule has 0 fully saturated rings. The number of nitrogens with one attached hydrogen (secondary N) is 2. The minimum Gasteiger partial charge on any atom is -0.320 e. The Morgan fingerprint density at radius 2 is 2.08 bits per heavy atom. The molecule has 0 rings (SSSR count). The van der Waals surface area contributed by atoms with Crippen molar-refractivity contribution in [1.82, 2.24) is 10.6 Å². The highest BCUT2D eigenvalue weighted by Crippen LogP contribution is 2.01. The Morgan fingerprint density at radius 3 is 2.54 bits per heavy atom. The van der Waals surface area contributed by atoms with Crippen LogP contribution in [0.2, 0.25) is 0 Å². The van der Waals surface area contributed by atoms with Gasteiger partial charge in [-0.1, -0.05) is 13.3 Å². The Hall–Kier alpha value is -0.410. The number of rotatable bonds is 8. The molecule has 0 aromatic rings. The smallest absolute Gasteiger partial charge is 0.146 e. The Bertz CT molecular complexity index is 137. The van der Waals surface area contributed by atoms with Crippen LogP contribution >= 0.6 is 0 Å². The molecule has 2 N–H and O–H groups in total. The van der Waals surface area contributed by atoms with Gasteiger partial charge >= 0.3 is 0 Å². The van der Waals surface area contributed by atoms with Gasteiger partial charge in [-0.25, -0.2) is 0 Å². The molecule has 0 amide bonds. The Labute approximate surface area is 81.3 Å². The number of hydrogen-bond acceptors (Lipinski definition) is 3. The van der Waals surface area contributed by atoms with Crippen molar-refractivity contribution in [3.8, 4) is 0 Å². The maximum atomic E-state index is 11.1. The van der Waals surface area contributed by atoms with Gasteiger partial charge in [0.1, 0.15) is 5.78 Å². The molecular weight excluding hydrogens is 164 g/mol. The summed E-state index contributed by atoms with van der Waals surface area (Å²) in [6.07, 6.45) is 3.22. The van der Waals surface area contributed by atoms with Crippen LogP contribution in [0.1, 0.15) is 33.1 Å². The average Bonchev–Trinajstić information content (AvgIpc) is 2.10. The first-order valence-electron chi connectivity index (χ1n) is 5.10. The molecule has 0 unspecified atom stereocenters. The fourth-order valence-corrected chi connectivity index (χ4v) is 1.35. The third-order valence-corrected chi connectivity index (χ3v) is 2.11. The van der Waals surface area contributed by atoms with Crippen LogP contribution in [0.25, 0.3) is 0 Å². The molecule has 0 aliphatic heterocycles. The van der Waals surface area contributed by atoms with Crippen molar-refractivity contribution >= 4 is 5.78 Å². The number of Topliss-reactive ketones (excluding diaryl/α,β-unsaturated/α-hetero) is 1.